The summed E-state index contributed by atoms with van der Waals surface area (Å²) in [5.41, 5.74) is -0.0450. The smallest absolute Gasteiger partial charge is 0.110 e. The minimum atomic E-state index is -0.0450. The maximum Gasteiger partial charge on any atom is 0.110 e. The minimum absolute atomic E-state index is 0.0450. The summed E-state index contributed by atoms with van der Waals surface area (Å²) in [6.45, 7) is 3.30. The summed E-state index contributed by atoms with van der Waals surface area (Å²) < 4.78 is 1.07. The number of aliphatic hydroxyl groups is 1. The molecule has 2 atom stereocenters. The number of likely N-dealkylation sites (N-methyl/N-ethyl adjacent to an activating group) is 1. The lowest BCUT2D eigenvalue weighted by atomic mass is 9.86. The zero-order valence-corrected chi connectivity index (χ0v) is 14.3. The highest BCUT2D eigenvalue weighted by Crippen LogP contribution is 2.39. The molecule has 0 bridgehead atoms. The molecular weight excluding hydrogens is 336 g/mol. The molecule has 1 aliphatic rings. The van der Waals surface area contributed by atoms with Crippen LogP contribution in [0.1, 0.15) is 32.6 Å². The van der Waals surface area contributed by atoms with Crippen molar-refractivity contribution in [3.05, 3.63) is 22.8 Å². The lowest BCUT2D eigenvalue weighted by Gasteiger charge is -2.35. The van der Waals surface area contributed by atoms with Crippen molar-refractivity contribution in [3.63, 3.8) is 0 Å². The Balaban J connectivity index is 1.88. The third-order valence-corrected chi connectivity index (χ3v) is 6.14. The van der Waals surface area contributed by atoms with Gasteiger partial charge in [-0.2, -0.15) is 0 Å². The van der Waals surface area contributed by atoms with E-state index >= 15 is 0 Å². The van der Waals surface area contributed by atoms with Crippen LogP contribution in [0.15, 0.2) is 27.8 Å². The molecule has 2 rings (SSSR count). The molecule has 2 unspecified atom stereocenters. The average Bonchev–Trinajstić information content (AvgIpc) is 2.85. The van der Waals surface area contributed by atoms with Gasteiger partial charge in [-0.3, -0.25) is 0 Å². The van der Waals surface area contributed by atoms with E-state index in [1.54, 1.807) is 11.8 Å². The Morgan fingerprint density at radius 1 is 1.60 bits per heavy atom. The topological polar surface area (TPSA) is 45.1 Å². The van der Waals surface area contributed by atoms with Gasteiger partial charge in [-0.1, -0.05) is 13.3 Å². The Bertz CT molecular complexity index is 432. The van der Waals surface area contributed by atoms with Gasteiger partial charge in [-0.25, -0.2) is 4.98 Å². The first-order valence-electron chi connectivity index (χ1n) is 7.31. The van der Waals surface area contributed by atoms with Gasteiger partial charge in [0.2, 0.25) is 0 Å². The molecule has 3 nitrogen and oxygen atoms in total. The second-order valence-corrected chi connectivity index (χ2v) is 7.30. The monoisotopic (exact) mass is 358 g/mol. The van der Waals surface area contributed by atoms with Gasteiger partial charge in [-0.05, 0) is 65.5 Å². The number of hydrogen-bond acceptors (Lipinski definition) is 4. The van der Waals surface area contributed by atoms with Gasteiger partial charge in [0, 0.05) is 16.2 Å². The van der Waals surface area contributed by atoms with E-state index in [-0.39, 0.29) is 12.1 Å². The fraction of sp³-hybridized carbons (Fsp3) is 0.667. The summed E-state index contributed by atoms with van der Waals surface area (Å²) in [5, 5.41) is 14.4. The minimum Gasteiger partial charge on any atom is -0.394 e. The molecule has 0 spiro atoms. The second kappa shape index (κ2) is 7.78. The first-order valence-corrected chi connectivity index (χ1v) is 9.09. The number of aromatic nitrogens is 1. The summed E-state index contributed by atoms with van der Waals surface area (Å²) in [7, 11) is 0. The van der Waals surface area contributed by atoms with E-state index in [0.717, 1.165) is 34.6 Å². The number of aliphatic hydroxyl groups excluding tert-OH is 1. The van der Waals surface area contributed by atoms with Crippen LogP contribution in [0.5, 0.6) is 0 Å². The number of rotatable bonds is 7. The molecule has 1 saturated carbocycles. The highest BCUT2D eigenvalue weighted by atomic mass is 79.9. The molecule has 1 aliphatic carbocycles. The number of nitrogens with one attached hydrogen (secondary N) is 1. The maximum absolute atomic E-state index is 9.79. The van der Waals surface area contributed by atoms with Gasteiger partial charge >= 0.3 is 0 Å². The summed E-state index contributed by atoms with van der Waals surface area (Å²) in [4.78, 5) is 4.39. The number of thioether (sulfide) groups is 1. The van der Waals surface area contributed by atoms with Crippen molar-refractivity contribution >= 4 is 27.7 Å². The first kappa shape index (κ1) is 16.3. The molecule has 5 heteroatoms. The summed E-state index contributed by atoms with van der Waals surface area (Å²) in [5.74, 6) is 1.62. The van der Waals surface area contributed by atoms with Crippen LogP contribution in [0.25, 0.3) is 0 Å². The van der Waals surface area contributed by atoms with Crippen LogP contribution >= 0.6 is 27.7 Å². The molecule has 0 aromatic carbocycles. The van der Waals surface area contributed by atoms with Crippen molar-refractivity contribution in [1.29, 1.82) is 0 Å². The molecule has 1 aromatic rings. The fourth-order valence-electron chi connectivity index (χ4n) is 3.19. The summed E-state index contributed by atoms with van der Waals surface area (Å²) in [6, 6.07) is 3.97. The van der Waals surface area contributed by atoms with Crippen LogP contribution in [0.4, 0.5) is 0 Å². The predicted octanol–water partition coefficient (Wildman–Crippen LogP) is 3.47. The number of halogens is 1. The maximum atomic E-state index is 9.79. The molecule has 1 aromatic heterocycles. The Kier molecular flexibility index (Phi) is 6.33. The van der Waals surface area contributed by atoms with Gasteiger partial charge in [-0.15, -0.1) is 11.8 Å². The zero-order chi connectivity index (χ0) is 14.4. The largest absolute Gasteiger partial charge is 0.394 e. The predicted molar refractivity (Wildman–Crippen MR) is 88.1 cm³/mol. The van der Waals surface area contributed by atoms with Crippen molar-refractivity contribution in [2.45, 2.75) is 43.2 Å². The van der Waals surface area contributed by atoms with Crippen molar-refractivity contribution in [1.82, 2.24) is 10.3 Å². The third-order valence-electron chi connectivity index (χ3n) is 4.20. The molecule has 1 heterocycles. The van der Waals surface area contributed by atoms with Crippen molar-refractivity contribution < 1.29 is 5.11 Å². The third kappa shape index (κ3) is 3.75. The molecule has 0 aliphatic heterocycles. The molecule has 1 fully saturated rings. The highest BCUT2D eigenvalue weighted by Gasteiger charge is 2.41. The Morgan fingerprint density at radius 3 is 3.15 bits per heavy atom. The highest BCUT2D eigenvalue weighted by molar-refractivity contribution is 9.10. The Hall–Kier alpha value is -0.100. The van der Waals surface area contributed by atoms with Crippen LogP contribution in [-0.2, 0) is 0 Å². The SMILES string of the molecule is CCNC1(CO)CCCC1CCSc1ncccc1Br. The van der Waals surface area contributed by atoms with E-state index in [1.807, 2.05) is 18.3 Å². The molecule has 112 valence electrons. The van der Waals surface area contributed by atoms with E-state index in [2.05, 4.69) is 33.2 Å². The van der Waals surface area contributed by atoms with Crippen LogP contribution < -0.4 is 5.32 Å². The van der Waals surface area contributed by atoms with E-state index in [0.29, 0.717) is 5.92 Å². The second-order valence-electron chi connectivity index (χ2n) is 5.36. The van der Waals surface area contributed by atoms with Crippen molar-refractivity contribution in [2.24, 2.45) is 5.92 Å². The lowest BCUT2D eigenvalue weighted by Crippen LogP contribution is -2.51. The zero-order valence-electron chi connectivity index (χ0n) is 11.9. The summed E-state index contributed by atoms with van der Waals surface area (Å²) in [6.07, 6.45) is 6.49. The van der Waals surface area contributed by atoms with Gasteiger partial charge in [0.1, 0.15) is 5.03 Å². The van der Waals surface area contributed by atoms with Gasteiger partial charge in [0.25, 0.3) is 0 Å². The van der Waals surface area contributed by atoms with Gasteiger partial charge in [0.05, 0.1) is 6.61 Å². The standard InChI is InChI=1S/C15H23BrN2OS/c1-2-18-15(11-19)8-3-5-12(15)7-10-20-14-13(16)6-4-9-17-14/h4,6,9,12,18-19H,2-3,5,7-8,10-11H2,1H3. The average molecular weight is 359 g/mol. The molecule has 0 amide bonds. The van der Waals surface area contributed by atoms with Crippen LogP contribution in [0, 0.1) is 5.92 Å². The van der Waals surface area contributed by atoms with E-state index in [9.17, 15) is 5.11 Å². The normalized spacial score (nSPS) is 26.1. The van der Waals surface area contributed by atoms with E-state index in [4.69, 9.17) is 0 Å². The Morgan fingerprint density at radius 2 is 2.45 bits per heavy atom. The Labute approximate surface area is 134 Å². The van der Waals surface area contributed by atoms with E-state index in [1.165, 1.54) is 12.8 Å². The molecule has 20 heavy (non-hydrogen) atoms. The quantitative estimate of drug-likeness (QED) is 0.732. The number of pyridine rings is 1. The molecule has 2 N–H and O–H groups in total. The molecule has 0 saturated heterocycles. The van der Waals surface area contributed by atoms with E-state index < -0.39 is 0 Å². The first-order chi connectivity index (χ1) is 9.72. The van der Waals surface area contributed by atoms with Crippen LogP contribution in [0.3, 0.4) is 0 Å². The number of hydrogen-bond donors (Lipinski definition) is 2. The lowest BCUT2D eigenvalue weighted by molar-refractivity contribution is 0.124. The molecular formula is C15H23BrN2OS. The fourth-order valence-corrected chi connectivity index (χ4v) is 4.72. The van der Waals surface area contributed by atoms with Gasteiger partial charge < -0.3 is 10.4 Å². The van der Waals surface area contributed by atoms with Crippen LogP contribution in [0.2, 0.25) is 0 Å². The van der Waals surface area contributed by atoms with Crippen LogP contribution in [-0.4, -0.2) is 34.5 Å². The van der Waals surface area contributed by atoms with Crippen molar-refractivity contribution in [3.8, 4) is 0 Å². The van der Waals surface area contributed by atoms with Gasteiger partial charge in [0.15, 0.2) is 0 Å². The number of nitrogens with zero attached hydrogens (tertiary/aromatic N) is 1. The summed E-state index contributed by atoms with van der Waals surface area (Å²) >= 11 is 5.33. The van der Waals surface area contributed by atoms with Crippen molar-refractivity contribution in [2.75, 3.05) is 18.9 Å². The molecule has 0 radical (unpaired) electrons.